The monoisotopic (exact) mass is 279 g/mol. The van der Waals surface area contributed by atoms with Crippen molar-refractivity contribution in [2.24, 2.45) is 5.73 Å². The summed E-state index contributed by atoms with van der Waals surface area (Å²) in [7, 11) is 0. The third-order valence-electron chi connectivity index (χ3n) is 2.52. The fourth-order valence-corrected chi connectivity index (χ4v) is 1.68. The van der Waals surface area contributed by atoms with Crippen LogP contribution in [0.3, 0.4) is 0 Å². The summed E-state index contributed by atoms with van der Waals surface area (Å²) >= 11 is 4.82. The fourth-order valence-electron chi connectivity index (χ4n) is 1.56. The van der Waals surface area contributed by atoms with Gasteiger partial charge < -0.3 is 10.5 Å². The zero-order valence-electron chi connectivity index (χ0n) is 9.90. The van der Waals surface area contributed by atoms with Crippen molar-refractivity contribution in [2.45, 2.75) is 6.61 Å². The van der Waals surface area contributed by atoms with Gasteiger partial charge in [0.25, 0.3) is 0 Å². The van der Waals surface area contributed by atoms with Gasteiger partial charge in [-0.15, -0.1) is 0 Å². The van der Waals surface area contributed by atoms with E-state index >= 15 is 0 Å². The summed E-state index contributed by atoms with van der Waals surface area (Å²) in [5.41, 5.74) is 6.36. The Morgan fingerprint density at radius 3 is 2.63 bits per heavy atom. The van der Waals surface area contributed by atoms with Crippen molar-refractivity contribution in [3.05, 3.63) is 65.2 Å². The van der Waals surface area contributed by atoms with Crippen molar-refractivity contribution in [3.63, 3.8) is 0 Å². The maximum Gasteiger partial charge on any atom is 0.129 e. The topological polar surface area (TPSA) is 35.2 Å². The standard InChI is InChI=1S/C14H11F2NOS/c15-11-2-1-3-12(7-11)18-8-10-6-9(14(17)19)4-5-13(10)16/h1-7H,8H2,(H2,17,19). The first kappa shape index (κ1) is 13.4. The van der Waals surface area contributed by atoms with Gasteiger partial charge in [0.05, 0.1) is 0 Å². The molecule has 2 rings (SSSR count). The van der Waals surface area contributed by atoms with Gasteiger partial charge in [-0.2, -0.15) is 0 Å². The van der Waals surface area contributed by atoms with Crippen LogP contribution in [0, 0.1) is 11.6 Å². The molecule has 2 nitrogen and oxygen atoms in total. The third kappa shape index (κ3) is 3.48. The molecular formula is C14H11F2NOS. The van der Waals surface area contributed by atoms with Crippen LogP contribution >= 0.6 is 12.2 Å². The first-order valence-corrected chi connectivity index (χ1v) is 5.93. The minimum atomic E-state index is -0.420. The van der Waals surface area contributed by atoms with E-state index < -0.39 is 11.6 Å². The molecule has 0 saturated carbocycles. The summed E-state index contributed by atoms with van der Waals surface area (Å²) in [6.07, 6.45) is 0. The van der Waals surface area contributed by atoms with Crippen LogP contribution in [0.25, 0.3) is 0 Å². The average Bonchev–Trinajstić information content (AvgIpc) is 2.37. The van der Waals surface area contributed by atoms with E-state index in [1.807, 2.05) is 0 Å². The number of hydrogen-bond acceptors (Lipinski definition) is 2. The molecule has 5 heteroatoms. The number of benzene rings is 2. The molecule has 0 heterocycles. The molecule has 0 amide bonds. The van der Waals surface area contributed by atoms with Crippen molar-refractivity contribution in [1.29, 1.82) is 0 Å². The summed E-state index contributed by atoms with van der Waals surface area (Å²) < 4.78 is 31.9. The molecular weight excluding hydrogens is 268 g/mol. The molecule has 0 radical (unpaired) electrons. The van der Waals surface area contributed by atoms with Gasteiger partial charge in [-0.3, -0.25) is 0 Å². The average molecular weight is 279 g/mol. The lowest BCUT2D eigenvalue weighted by atomic mass is 10.1. The lowest BCUT2D eigenvalue weighted by Gasteiger charge is -2.08. The first-order valence-electron chi connectivity index (χ1n) is 5.53. The lowest BCUT2D eigenvalue weighted by molar-refractivity contribution is 0.298. The minimum Gasteiger partial charge on any atom is -0.489 e. The molecule has 2 aromatic rings. The zero-order chi connectivity index (χ0) is 13.8. The van der Waals surface area contributed by atoms with Gasteiger partial charge in [0.1, 0.15) is 29.0 Å². The van der Waals surface area contributed by atoms with Crippen LogP contribution in [0.2, 0.25) is 0 Å². The highest BCUT2D eigenvalue weighted by atomic mass is 32.1. The maximum atomic E-state index is 13.6. The number of nitrogens with two attached hydrogens (primary N) is 1. The highest BCUT2D eigenvalue weighted by Gasteiger charge is 2.06. The molecule has 0 aliphatic carbocycles. The Hall–Kier alpha value is -2.01. The Morgan fingerprint density at radius 2 is 1.95 bits per heavy atom. The summed E-state index contributed by atoms with van der Waals surface area (Å²) in [6.45, 7) is -0.0221. The fraction of sp³-hybridized carbons (Fsp3) is 0.0714. The van der Waals surface area contributed by atoms with E-state index in [0.717, 1.165) is 0 Å². The Labute approximate surface area is 114 Å². The van der Waals surface area contributed by atoms with E-state index in [1.165, 1.54) is 36.4 Å². The van der Waals surface area contributed by atoms with Gasteiger partial charge in [-0.1, -0.05) is 18.3 Å². The molecule has 0 fully saturated rings. The van der Waals surface area contributed by atoms with Gasteiger partial charge in [0.15, 0.2) is 0 Å². The smallest absolute Gasteiger partial charge is 0.129 e. The molecule has 0 saturated heterocycles. The van der Waals surface area contributed by atoms with Gasteiger partial charge in [0, 0.05) is 17.2 Å². The predicted molar refractivity (Wildman–Crippen MR) is 73.0 cm³/mol. The number of rotatable bonds is 4. The third-order valence-corrected chi connectivity index (χ3v) is 2.76. The molecule has 0 aliphatic rings. The summed E-state index contributed by atoms with van der Waals surface area (Å²) in [5, 5.41) is 0. The molecule has 98 valence electrons. The van der Waals surface area contributed by atoms with E-state index in [9.17, 15) is 8.78 Å². The van der Waals surface area contributed by atoms with Crippen LogP contribution in [-0.4, -0.2) is 4.99 Å². The van der Waals surface area contributed by atoms with Crippen LogP contribution in [0.15, 0.2) is 42.5 Å². The molecule has 0 bridgehead atoms. The molecule has 0 atom stereocenters. The van der Waals surface area contributed by atoms with E-state index in [-0.39, 0.29) is 11.6 Å². The van der Waals surface area contributed by atoms with Crippen molar-refractivity contribution in [3.8, 4) is 5.75 Å². The Balaban J connectivity index is 2.15. The van der Waals surface area contributed by atoms with Crippen LogP contribution in [0.1, 0.15) is 11.1 Å². The van der Waals surface area contributed by atoms with Gasteiger partial charge in [0.2, 0.25) is 0 Å². The molecule has 0 aliphatic heterocycles. The van der Waals surface area contributed by atoms with E-state index in [1.54, 1.807) is 6.07 Å². The van der Waals surface area contributed by atoms with Crippen LogP contribution < -0.4 is 10.5 Å². The molecule has 0 aromatic heterocycles. The van der Waals surface area contributed by atoms with Crippen molar-refractivity contribution < 1.29 is 13.5 Å². The first-order chi connectivity index (χ1) is 9.06. The second kappa shape index (κ2) is 5.75. The Bertz CT molecular complexity index is 616. The Kier molecular flexibility index (Phi) is 4.06. The highest BCUT2D eigenvalue weighted by molar-refractivity contribution is 7.80. The predicted octanol–water partition coefficient (Wildman–Crippen LogP) is 3.18. The van der Waals surface area contributed by atoms with E-state index in [0.29, 0.717) is 16.9 Å². The number of thiocarbonyl (C=S) groups is 1. The van der Waals surface area contributed by atoms with E-state index in [4.69, 9.17) is 22.7 Å². The second-order valence-corrected chi connectivity index (χ2v) is 4.36. The molecule has 2 N–H and O–H groups in total. The van der Waals surface area contributed by atoms with Gasteiger partial charge in [-0.05, 0) is 30.3 Å². The molecule has 2 aromatic carbocycles. The summed E-state index contributed by atoms with van der Waals surface area (Å²) in [6, 6.07) is 9.96. The minimum absolute atomic E-state index is 0.0221. The van der Waals surface area contributed by atoms with Gasteiger partial charge in [-0.25, -0.2) is 8.78 Å². The lowest BCUT2D eigenvalue weighted by Crippen LogP contribution is -2.10. The zero-order valence-corrected chi connectivity index (χ0v) is 10.7. The van der Waals surface area contributed by atoms with Crippen LogP contribution in [-0.2, 0) is 6.61 Å². The normalized spacial score (nSPS) is 10.2. The molecule has 0 unspecified atom stereocenters. The molecule has 19 heavy (non-hydrogen) atoms. The number of halogens is 2. The quantitative estimate of drug-likeness (QED) is 0.873. The van der Waals surface area contributed by atoms with E-state index in [2.05, 4.69) is 0 Å². The summed E-state index contributed by atoms with van der Waals surface area (Å²) in [4.78, 5) is 0.187. The highest BCUT2D eigenvalue weighted by Crippen LogP contribution is 2.16. The SMILES string of the molecule is NC(=S)c1ccc(F)c(COc2cccc(F)c2)c1. The maximum absolute atomic E-state index is 13.6. The Morgan fingerprint density at radius 1 is 1.16 bits per heavy atom. The van der Waals surface area contributed by atoms with Crippen LogP contribution in [0.5, 0.6) is 5.75 Å². The van der Waals surface area contributed by atoms with Crippen molar-refractivity contribution in [1.82, 2.24) is 0 Å². The number of hydrogen-bond donors (Lipinski definition) is 1. The number of ether oxygens (including phenoxy) is 1. The van der Waals surface area contributed by atoms with Crippen LogP contribution in [0.4, 0.5) is 8.78 Å². The molecule has 0 spiro atoms. The largest absolute Gasteiger partial charge is 0.489 e. The van der Waals surface area contributed by atoms with Crippen molar-refractivity contribution in [2.75, 3.05) is 0 Å². The van der Waals surface area contributed by atoms with Crippen molar-refractivity contribution >= 4 is 17.2 Å². The van der Waals surface area contributed by atoms with Gasteiger partial charge >= 0.3 is 0 Å². The second-order valence-electron chi connectivity index (χ2n) is 3.92. The summed E-state index contributed by atoms with van der Waals surface area (Å²) in [5.74, 6) is -0.494.